The third-order valence-electron chi connectivity index (χ3n) is 5.86. The van der Waals surface area contributed by atoms with Gasteiger partial charge < -0.3 is 24.3 Å². The van der Waals surface area contributed by atoms with E-state index in [-0.39, 0.29) is 12.1 Å². The van der Waals surface area contributed by atoms with E-state index in [9.17, 15) is 0 Å². The minimum Gasteiger partial charge on any atom is -0.497 e. The van der Waals surface area contributed by atoms with Crippen LogP contribution in [0.1, 0.15) is 23.5 Å². The first-order chi connectivity index (χ1) is 16.2. The summed E-state index contributed by atoms with van der Waals surface area (Å²) in [6.45, 7) is 0. The highest BCUT2D eigenvalue weighted by molar-refractivity contribution is 7.80. The molecule has 2 atom stereocenters. The number of ether oxygens (including phenoxy) is 2. The van der Waals surface area contributed by atoms with Gasteiger partial charge in [0.25, 0.3) is 0 Å². The molecule has 6 nitrogen and oxygen atoms in total. The van der Waals surface area contributed by atoms with E-state index in [1.54, 1.807) is 14.2 Å². The quantitative estimate of drug-likeness (QED) is 0.409. The van der Waals surface area contributed by atoms with Gasteiger partial charge in [-0.15, -0.1) is 0 Å². The Hall–Kier alpha value is -3.84. The third kappa shape index (κ3) is 3.91. The number of hydrogen-bond acceptors (Lipinski definition) is 4. The zero-order chi connectivity index (χ0) is 22.8. The summed E-state index contributed by atoms with van der Waals surface area (Å²) in [5, 5.41) is 4.16. The highest BCUT2D eigenvalue weighted by Gasteiger charge is 2.42. The molecular formula is C26H24N4O2S. The van der Waals surface area contributed by atoms with Gasteiger partial charge in [0, 0.05) is 35.5 Å². The average Bonchev–Trinajstić information content (AvgIpc) is 3.49. The third-order valence-corrected chi connectivity index (χ3v) is 6.18. The van der Waals surface area contributed by atoms with Gasteiger partial charge in [0.2, 0.25) is 0 Å². The SMILES string of the molecule is COc1ccc(-n2cccc2[C@H]2[C@@H](c3ccccn3)NC(=S)N2c2cccc(OC)c2)cc1. The Labute approximate surface area is 198 Å². The number of rotatable bonds is 6. The molecule has 1 saturated heterocycles. The van der Waals surface area contributed by atoms with Crippen LogP contribution in [0.4, 0.5) is 5.69 Å². The number of nitrogens with one attached hydrogen (secondary N) is 1. The lowest BCUT2D eigenvalue weighted by Gasteiger charge is -2.29. The maximum Gasteiger partial charge on any atom is 0.174 e. The number of hydrogen-bond donors (Lipinski definition) is 1. The molecule has 0 bridgehead atoms. The molecule has 0 amide bonds. The van der Waals surface area contributed by atoms with E-state index in [2.05, 4.69) is 50.2 Å². The number of methoxy groups -OCH3 is 2. The molecule has 0 aliphatic carbocycles. The Morgan fingerprint density at radius 2 is 1.67 bits per heavy atom. The van der Waals surface area contributed by atoms with Crippen LogP contribution in [0.15, 0.2) is 91.3 Å². The molecule has 5 rings (SSSR count). The van der Waals surface area contributed by atoms with Crippen molar-refractivity contribution in [1.82, 2.24) is 14.9 Å². The Balaban J connectivity index is 1.64. The number of benzene rings is 2. The number of aromatic nitrogens is 2. The van der Waals surface area contributed by atoms with Crippen LogP contribution in [0.2, 0.25) is 0 Å². The second kappa shape index (κ2) is 8.96. The summed E-state index contributed by atoms with van der Waals surface area (Å²) >= 11 is 5.84. The van der Waals surface area contributed by atoms with E-state index >= 15 is 0 Å². The minimum absolute atomic E-state index is 0.128. The Bertz CT molecular complexity index is 1260. The van der Waals surface area contributed by atoms with Gasteiger partial charge >= 0.3 is 0 Å². The maximum absolute atomic E-state index is 5.84. The zero-order valence-electron chi connectivity index (χ0n) is 18.4. The zero-order valence-corrected chi connectivity index (χ0v) is 19.2. The lowest BCUT2D eigenvalue weighted by molar-refractivity contribution is 0.414. The molecular weight excluding hydrogens is 432 g/mol. The Morgan fingerprint density at radius 1 is 0.848 bits per heavy atom. The molecule has 0 unspecified atom stereocenters. The molecule has 3 heterocycles. The van der Waals surface area contributed by atoms with Gasteiger partial charge in [-0.2, -0.15) is 0 Å². The predicted octanol–water partition coefficient (Wildman–Crippen LogP) is 5.07. The number of thiocarbonyl (C=S) groups is 1. The van der Waals surface area contributed by atoms with E-state index in [0.29, 0.717) is 5.11 Å². The predicted molar refractivity (Wildman–Crippen MR) is 133 cm³/mol. The van der Waals surface area contributed by atoms with Gasteiger partial charge in [-0.1, -0.05) is 12.1 Å². The van der Waals surface area contributed by atoms with Crippen molar-refractivity contribution in [3.05, 3.63) is 103 Å². The minimum atomic E-state index is -0.128. The van der Waals surface area contributed by atoms with Gasteiger partial charge in [-0.3, -0.25) is 4.98 Å². The van der Waals surface area contributed by atoms with E-state index in [1.165, 1.54) is 0 Å². The lowest BCUT2D eigenvalue weighted by Crippen LogP contribution is -2.30. The van der Waals surface area contributed by atoms with E-state index < -0.39 is 0 Å². The summed E-state index contributed by atoms with van der Waals surface area (Å²) < 4.78 is 13.0. The van der Waals surface area contributed by atoms with E-state index in [1.807, 2.05) is 60.8 Å². The van der Waals surface area contributed by atoms with Crippen molar-refractivity contribution in [1.29, 1.82) is 0 Å². The number of anilines is 1. The Morgan fingerprint density at radius 3 is 2.39 bits per heavy atom. The molecule has 1 N–H and O–H groups in total. The molecule has 0 spiro atoms. The second-order valence-corrected chi connectivity index (χ2v) is 8.09. The fraction of sp³-hybridized carbons (Fsp3) is 0.154. The summed E-state index contributed by atoms with van der Waals surface area (Å²) in [4.78, 5) is 6.79. The standard InChI is InChI=1S/C26H24N4O2S/c1-31-20-13-11-18(12-14-20)29-16-6-10-23(29)25-24(22-9-3-4-15-27-22)28-26(33)30(25)19-7-5-8-21(17-19)32-2/h3-17,24-25H,1-2H3,(H,28,33)/t24-,25+/m1/s1. The molecule has 7 heteroatoms. The summed E-state index contributed by atoms with van der Waals surface area (Å²) in [6.07, 6.45) is 3.88. The molecule has 1 aliphatic rings. The topological polar surface area (TPSA) is 51.5 Å². The molecule has 166 valence electrons. The van der Waals surface area contributed by atoms with E-state index in [4.69, 9.17) is 21.7 Å². The first-order valence-corrected chi connectivity index (χ1v) is 11.1. The highest BCUT2D eigenvalue weighted by atomic mass is 32.1. The van der Waals surface area contributed by atoms with Crippen molar-refractivity contribution in [3.63, 3.8) is 0 Å². The first kappa shape index (κ1) is 21.0. The van der Waals surface area contributed by atoms with Crippen molar-refractivity contribution in [2.75, 3.05) is 19.1 Å². The smallest absolute Gasteiger partial charge is 0.174 e. The van der Waals surface area contributed by atoms with Crippen LogP contribution in [0, 0.1) is 0 Å². The molecule has 0 saturated carbocycles. The van der Waals surface area contributed by atoms with E-state index in [0.717, 1.165) is 34.3 Å². The molecule has 2 aromatic heterocycles. The molecule has 4 aromatic rings. The van der Waals surface area contributed by atoms with Gasteiger partial charge in [0.05, 0.1) is 26.0 Å². The number of pyridine rings is 1. The van der Waals surface area contributed by atoms with Gasteiger partial charge in [0.15, 0.2) is 5.11 Å². The lowest BCUT2D eigenvalue weighted by atomic mass is 10.0. The van der Waals surface area contributed by atoms with Crippen molar-refractivity contribution in [2.45, 2.75) is 12.1 Å². The van der Waals surface area contributed by atoms with Crippen LogP contribution in [-0.4, -0.2) is 28.9 Å². The second-order valence-electron chi connectivity index (χ2n) is 7.70. The van der Waals surface area contributed by atoms with Crippen molar-refractivity contribution >= 4 is 23.0 Å². The van der Waals surface area contributed by atoms with Crippen LogP contribution in [0.5, 0.6) is 11.5 Å². The summed E-state index contributed by atoms with van der Waals surface area (Å²) in [5.41, 5.74) is 4.01. The van der Waals surface area contributed by atoms with Crippen molar-refractivity contribution in [3.8, 4) is 17.2 Å². The molecule has 33 heavy (non-hydrogen) atoms. The summed E-state index contributed by atoms with van der Waals surface area (Å²) in [6, 6.07) is 25.9. The fourth-order valence-electron chi connectivity index (χ4n) is 4.31. The molecule has 2 aromatic carbocycles. The van der Waals surface area contributed by atoms with Crippen LogP contribution in [-0.2, 0) is 0 Å². The van der Waals surface area contributed by atoms with Crippen LogP contribution in [0.3, 0.4) is 0 Å². The van der Waals surface area contributed by atoms with Gasteiger partial charge in [0.1, 0.15) is 17.5 Å². The van der Waals surface area contributed by atoms with Gasteiger partial charge in [-0.25, -0.2) is 0 Å². The van der Waals surface area contributed by atoms with Crippen molar-refractivity contribution in [2.24, 2.45) is 0 Å². The highest BCUT2D eigenvalue weighted by Crippen LogP contribution is 2.42. The Kier molecular flexibility index (Phi) is 5.71. The van der Waals surface area contributed by atoms with Crippen molar-refractivity contribution < 1.29 is 9.47 Å². The molecule has 1 fully saturated rings. The van der Waals surface area contributed by atoms with Gasteiger partial charge in [-0.05, 0) is 72.9 Å². The summed E-state index contributed by atoms with van der Waals surface area (Å²) in [5.74, 6) is 1.60. The monoisotopic (exact) mass is 456 g/mol. The largest absolute Gasteiger partial charge is 0.497 e. The van der Waals surface area contributed by atoms with Crippen LogP contribution in [0.25, 0.3) is 5.69 Å². The number of nitrogens with zero attached hydrogens (tertiary/aromatic N) is 3. The molecule has 0 radical (unpaired) electrons. The maximum atomic E-state index is 5.84. The summed E-state index contributed by atoms with van der Waals surface area (Å²) in [7, 11) is 3.34. The normalized spacial score (nSPS) is 17.6. The molecule has 1 aliphatic heterocycles. The average molecular weight is 457 g/mol. The van der Waals surface area contributed by atoms with Crippen LogP contribution >= 0.6 is 12.2 Å². The fourth-order valence-corrected chi connectivity index (χ4v) is 4.65. The van der Waals surface area contributed by atoms with Crippen LogP contribution < -0.4 is 19.7 Å². The first-order valence-electron chi connectivity index (χ1n) is 10.7.